The Morgan fingerprint density at radius 1 is 1.23 bits per heavy atom. The summed E-state index contributed by atoms with van der Waals surface area (Å²) in [6.45, 7) is 5.01. The number of pyridine rings is 1. The molecule has 1 aromatic heterocycles. The zero-order chi connectivity index (χ0) is 15.8. The van der Waals surface area contributed by atoms with Gasteiger partial charge in [-0.05, 0) is 37.3 Å². The second-order valence-electron chi connectivity index (χ2n) is 6.70. The lowest BCUT2D eigenvalue weighted by molar-refractivity contribution is 0.0947. The Bertz CT molecular complexity index is 448. The fraction of sp³-hybridized carbons (Fsp3) is 0.667. The first-order valence-electron chi connectivity index (χ1n) is 8.66. The van der Waals surface area contributed by atoms with Crippen LogP contribution in [0.4, 0.5) is 5.69 Å². The van der Waals surface area contributed by atoms with Crippen LogP contribution in [-0.2, 0) is 0 Å². The van der Waals surface area contributed by atoms with E-state index >= 15 is 0 Å². The smallest absolute Gasteiger partial charge is 0.269 e. The number of carbonyl (C=O) groups is 1. The number of anilines is 1. The van der Waals surface area contributed by atoms with Crippen molar-refractivity contribution in [1.29, 1.82) is 0 Å². The zero-order valence-electron chi connectivity index (χ0n) is 13.9. The highest BCUT2D eigenvalue weighted by atomic mass is 16.1. The van der Waals surface area contributed by atoms with Gasteiger partial charge in [-0.2, -0.15) is 0 Å². The van der Waals surface area contributed by atoms with Crippen LogP contribution in [0.5, 0.6) is 0 Å². The predicted molar refractivity (Wildman–Crippen MR) is 91.1 cm³/mol. The number of rotatable bonds is 6. The van der Waals surface area contributed by atoms with Gasteiger partial charge in [-0.25, -0.2) is 4.98 Å². The number of aromatic nitrogens is 1. The molecule has 1 fully saturated rings. The molecule has 1 aromatic rings. The largest absolute Gasteiger partial charge is 0.381 e. The molecule has 1 aliphatic carbocycles. The molecule has 22 heavy (non-hydrogen) atoms. The van der Waals surface area contributed by atoms with Crippen molar-refractivity contribution in [2.24, 2.45) is 5.92 Å². The number of amides is 1. The highest BCUT2D eigenvalue weighted by molar-refractivity contribution is 5.92. The third-order valence-electron chi connectivity index (χ3n) is 4.23. The molecule has 4 nitrogen and oxygen atoms in total. The molecule has 0 radical (unpaired) electrons. The second kappa shape index (κ2) is 8.76. The molecule has 2 rings (SSSR count). The van der Waals surface area contributed by atoms with E-state index in [9.17, 15) is 4.79 Å². The Labute approximate surface area is 134 Å². The van der Waals surface area contributed by atoms with Gasteiger partial charge in [-0.1, -0.05) is 39.5 Å². The Balaban J connectivity index is 1.82. The monoisotopic (exact) mass is 303 g/mol. The lowest BCUT2D eigenvalue weighted by Gasteiger charge is -2.17. The summed E-state index contributed by atoms with van der Waals surface area (Å²) in [5.41, 5.74) is 1.51. The molecule has 1 amide bonds. The van der Waals surface area contributed by atoms with Gasteiger partial charge >= 0.3 is 0 Å². The van der Waals surface area contributed by atoms with Crippen LogP contribution in [-0.4, -0.2) is 23.5 Å². The summed E-state index contributed by atoms with van der Waals surface area (Å²) in [4.78, 5) is 16.3. The quantitative estimate of drug-likeness (QED) is 0.781. The van der Waals surface area contributed by atoms with Gasteiger partial charge in [0.1, 0.15) is 5.69 Å². The van der Waals surface area contributed by atoms with Gasteiger partial charge in [0.15, 0.2) is 0 Å². The van der Waals surface area contributed by atoms with Crippen LogP contribution in [0.25, 0.3) is 0 Å². The Morgan fingerprint density at radius 2 is 1.95 bits per heavy atom. The minimum Gasteiger partial charge on any atom is -0.381 e. The minimum atomic E-state index is -0.0818. The van der Waals surface area contributed by atoms with Gasteiger partial charge in [-0.15, -0.1) is 0 Å². The molecule has 0 spiro atoms. The number of hydrogen-bond acceptors (Lipinski definition) is 3. The topological polar surface area (TPSA) is 54.0 Å². The third-order valence-corrected chi connectivity index (χ3v) is 4.23. The van der Waals surface area contributed by atoms with Crippen LogP contribution in [0.2, 0.25) is 0 Å². The van der Waals surface area contributed by atoms with E-state index in [-0.39, 0.29) is 5.91 Å². The molecule has 0 unspecified atom stereocenters. The van der Waals surface area contributed by atoms with Crippen molar-refractivity contribution in [3.63, 3.8) is 0 Å². The van der Waals surface area contributed by atoms with Crippen molar-refractivity contribution in [2.45, 2.75) is 64.8 Å². The van der Waals surface area contributed by atoms with Crippen LogP contribution in [0.1, 0.15) is 69.3 Å². The van der Waals surface area contributed by atoms with Crippen LogP contribution >= 0.6 is 0 Å². The van der Waals surface area contributed by atoms with Crippen LogP contribution in [0.3, 0.4) is 0 Å². The molecule has 1 aliphatic rings. The molecule has 0 atom stereocenters. The summed E-state index contributed by atoms with van der Waals surface area (Å²) < 4.78 is 0. The molecule has 4 heteroatoms. The van der Waals surface area contributed by atoms with Crippen molar-refractivity contribution in [2.75, 3.05) is 11.9 Å². The van der Waals surface area contributed by atoms with Gasteiger partial charge in [0.2, 0.25) is 0 Å². The average molecular weight is 303 g/mol. The first-order chi connectivity index (χ1) is 10.6. The molecular weight excluding hydrogens is 274 g/mol. The molecular formula is C18H29N3O. The van der Waals surface area contributed by atoms with Gasteiger partial charge in [-0.3, -0.25) is 4.79 Å². The van der Waals surface area contributed by atoms with E-state index in [1.807, 2.05) is 12.1 Å². The van der Waals surface area contributed by atoms with Crippen LogP contribution in [0, 0.1) is 5.92 Å². The Hall–Kier alpha value is -1.58. The number of nitrogens with zero attached hydrogens (tertiary/aromatic N) is 1. The first-order valence-corrected chi connectivity index (χ1v) is 8.66. The van der Waals surface area contributed by atoms with E-state index in [0.717, 1.165) is 12.1 Å². The molecule has 1 saturated carbocycles. The zero-order valence-corrected chi connectivity index (χ0v) is 13.9. The van der Waals surface area contributed by atoms with Crippen molar-refractivity contribution >= 4 is 11.6 Å². The minimum absolute atomic E-state index is 0.0818. The fourth-order valence-corrected chi connectivity index (χ4v) is 2.84. The van der Waals surface area contributed by atoms with E-state index < -0.39 is 0 Å². The fourth-order valence-electron chi connectivity index (χ4n) is 2.84. The maximum Gasteiger partial charge on any atom is 0.269 e. The molecule has 122 valence electrons. The SMILES string of the molecule is CC(C)CCNC(=O)c1ccc(NC2CCCCCC2)cn1. The lowest BCUT2D eigenvalue weighted by atomic mass is 10.1. The van der Waals surface area contributed by atoms with E-state index in [1.165, 1.54) is 38.5 Å². The second-order valence-corrected chi connectivity index (χ2v) is 6.70. The van der Waals surface area contributed by atoms with E-state index in [0.29, 0.717) is 24.2 Å². The first kappa shape index (κ1) is 16.8. The summed E-state index contributed by atoms with van der Waals surface area (Å²) in [6.07, 6.45) is 10.6. The molecule has 0 aromatic carbocycles. The predicted octanol–water partition coefficient (Wildman–Crippen LogP) is 3.99. The van der Waals surface area contributed by atoms with Crippen LogP contribution < -0.4 is 10.6 Å². The Kier molecular flexibility index (Phi) is 6.69. The van der Waals surface area contributed by atoms with Crippen molar-refractivity contribution < 1.29 is 4.79 Å². The summed E-state index contributed by atoms with van der Waals surface area (Å²) in [5, 5.41) is 6.47. The number of nitrogens with one attached hydrogen (secondary N) is 2. The lowest BCUT2D eigenvalue weighted by Crippen LogP contribution is -2.26. The van der Waals surface area contributed by atoms with E-state index in [1.54, 1.807) is 6.20 Å². The summed E-state index contributed by atoms with van der Waals surface area (Å²) in [7, 11) is 0. The van der Waals surface area contributed by atoms with Crippen molar-refractivity contribution in [3.8, 4) is 0 Å². The summed E-state index contributed by atoms with van der Waals surface area (Å²) in [5.74, 6) is 0.515. The van der Waals surface area contributed by atoms with Gasteiger partial charge in [0.05, 0.1) is 11.9 Å². The molecule has 2 N–H and O–H groups in total. The average Bonchev–Trinajstić information content (AvgIpc) is 2.76. The highest BCUT2D eigenvalue weighted by Crippen LogP contribution is 2.20. The molecule has 0 bridgehead atoms. The Morgan fingerprint density at radius 3 is 2.55 bits per heavy atom. The van der Waals surface area contributed by atoms with Gasteiger partial charge < -0.3 is 10.6 Å². The maximum atomic E-state index is 12.0. The van der Waals surface area contributed by atoms with Gasteiger partial charge in [0.25, 0.3) is 5.91 Å². The molecule has 1 heterocycles. The highest BCUT2D eigenvalue weighted by Gasteiger charge is 2.12. The van der Waals surface area contributed by atoms with E-state index in [4.69, 9.17) is 0 Å². The van der Waals surface area contributed by atoms with Crippen molar-refractivity contribution in [3.05, 3.63) is 24.0 Å². The standard InChI is InChI=1S/C18H29N3O/c1-14(2)11-12-19-18(22)17-10-9-16(13-20-17)21-15-7-5-3-4-6-8-15/h9-10,13-15,21H,3-8,11-12H2,1-2H3,(H,19,22). The molecule has 0 saturated heterocycles. The van der Waals surface area contributed by atoms with Crippen LogP contribution in [0.15, 0.2) is 18.3 Å². The van der Waals surface area contributed by atoms with E-state index in [2.05, 4.69) is 29.5 Å². The normalized spacial score (nSPS) is 16.3. The number of carbonyl (C=O) groups excluding carboxylic acids is 1. The number of hydrogen-bond donors (Lipinski definition) is 2. The van der Waals surface area contributed by atoms with Gasteiger partial charge in [0, 0.05) is 12.6 Å². The summed E-state index contributed by atoms with van der Waals surface area (Å²) in [6, 6.07) is 4.33. The third kappa shape index (κ3) is 5.66. The maximum absolute atomic E-state index is 12.0. The van der Waals surface area contributed by atoms with Crippen molar-refractivity contribution in [1.82, 2.24) is 10.3 Å². The molecule has 0 aliphatic heterocycles. The summed E-state index contributed by atoms with van der Waals surface area (Å²) >= 11 is 0.